The molecule has 8 nitrogen and oxygen atoms in total. The second kappa shape index (κ2) is 5.23. The Morgan fingerprint density at radius 3 is 2.71 bits per heavy atom. The summed E-state index contributed by atoms with van der Waals surface area (Å²) in [6.45, 7) is 2.99. The predicted octanol–water partition coefficient (Wildman–Crippen LogP) is 0.269. The highest BCUT2D eigenvalue weighted by molar-refractivity contribution is 7.88. The molecule has 0 bridgehead atoms. The Bertz CT molecular complexity index is 748. The maximum absolute atomic E-state index is 11.5. The van der Waals surface area contributed by atoms with Gasteiger partial charge in [-0.3, -0.25) is 0 Å². The van der Waals surface area contributed by atoms with E-state index >= 15 is 0 Å². The van der Waals surface area contributed by atoms with E-state index in [1.165, 1.54) is 16.9 Å². The molecule has 2 aromatic rings. The summed E-state index contributed by atoms with van der Waals surface area (Å²) in [5.41, 5.74) is 0.867. The molecule has 3 rings (SSSR count). The number of nitrogens with one attached hydrogen (secondary N) is 1. The zero-order valence-electron chi connectivity index (χ0n) is 12.0. The molecule has 0 spiro atoms. The van der Waals surface area contributed by atoms with Crippen molar-refractivity contribution in [1.29, 1.82) is 0 Å². The molecule has 0 aliphatic carbocycles. The van der Waals surface area contributed by atoms with Crippen molar-refractivity contribution in [2.24, 2.45) is 0 Å². The standard InChI is InChI=1S/C12H18N6O2S/c1-9-7-11(18-12(15-9)13-8-14-18)16-10-3-5-17(6-4-10)21(2,19)20/h7-8,10,16H,3-6H2,1-2H3. The summed E-state index contributed by atoms with van der Waals surface area (Å²) in [4.78, 5) is 8.39. The van der Waals surface area contributed by atoms with Gasteiger partial charge in [0.2, 0.25) is 10.0 Å². The van der Waals surface area contributed by atoms with Crippen LogP contribution in [0.15, 0.2) is 12.4 Å². The van der Waals surface area contributed by atoms with Gasteiger partial charge < -0.3 is 5.32 Å². The Balaban J connectivity index is 1.74. The Hall–Kier alpha value is -1.74. The van der Waals surface area contributed by atoms with Gasteiger partial charge in [-0.25, -0.2) is 17.7 Å². The van der Waals surface area contributed by atoms with E-state index in [0.717, 1.165) is 24.4 Å². The van der Waals surface area contributed by atoms with E-state index in [1.54, 1.807) is 4.52 Å². The number of anilines is 1. The molecule has 0 atom stereocenters. The Labute approximate surface area is 123 Å². The number of hydrogen-bond acceptors (Lipinski definition) is 6. The third-order valence-electron chi connectivity index (χ3n) is 3.65. The van der Waals surface area contributed by atoms with Gasteiger partial charge in [0.15, 0.2) is 0 Å². The van der Waals surface area contributed by atoms with Crippen LogP contribution in [-0.4, -0.2) is 57.7 Å². The van der Waals surface area contributed by atoms with Crippen molar-refractivity contribution in [1.82, 2.24) is 23.9 Å². The molecule has 21 heavy (non-hydrogen) atoms. The molecule has 0 amide bonds. The van der Waals surface area contributed by atoms with Crippen LogP contribution in [0.5, 0.6) is 0 Å². The van der Waals surface area contributed by atoms with Gasteiger partial charge in [-0.15, -0.1) is 0 Å². The fourth-order valence-electron chi connectivity index (χ4n) is 2.57. The molecule has 9 heteroatoms. The highest BCUT2D eigenvalue weighted by atomic mass is 32.2. The van der Waals surface area contributed by atoms with Crippen LogP contribution < -0.4 is 5.32 Å². The van der Waals surface area contributed by atoms with Gasteiger partial charge >= 0.3 is 0 Å². The van der Waals surface area contributed by atoms with Gasteiger partial charge in [0.05, 0.1) is 6.26 Å². The molecular weight excluding hydrogens is 292 g/mol. The molecule has 0 saturated carbocycles. The summed E-state index contributed by atoms with van der Waals surface area (Å²) in [5.74, 6) is 1.40. The summed E-state index contributed by atoms with van der Waals surface area (Å²) in [6.07, 6.45) is 4.26. The van der Waals surface area contributed by atoms with Crippen molar-refractivity contribution in [2.75, 3.05) is 24.7 Å². The molecule has 3 heterocycles. The first-order valence-electron chi connectivity index (χ1n) is 6.82. The van der Waals surface area contributed by atoms with E-state index in [0.29, 0.717) is 18.9 Å². The summed E-state index contributed by atoms with van der Waals surface area (Å²) < 4.78 is 26.2. The molecule has 1 aliphatic heterocycles. The second-order valence-corrected chi connectivity index (χ2v) is 7.32. The highest BCUT2D eigenvalue weighted by Gasteiger charge is 2.25. The molecule has 114 valence electrons. The quantitative estimate of drug-likeness (QED) is 0.875. The molecule has 0 aromatic carbocycles. The van der Waals surface area contributed by atoms with Gasteiger partial charge in [-0.2, -0.15) is 14.6 Å². The first-order valence-corrected chi connectivity index (χ1v) is 8.67. The third kappa shape index (κ3) is 2.98. The van der Waals surface area contributed by atoms with Crippen molar-refractivity contribution in [3.63, 3.8) is 0 Å². The summed E-state index contributed by atoms with van der Waals surface area (Å²) in [5, 5.41) is 7.58. The van der Waals surface area contributed by atoms with E-state index in [-0.39, 0.29) is 6.04 Å². The normalized spacial score (nSPS) is 18.2. The fraction of sp³-hybridized carbons (Fsp3) is 0.583. The van der Waals surface area contributed by atoms with Gasteiger partial charge in [-0.1, -0.05) is 0 Å². The number of aryl methyl sites for hydroxylation is 1. The zero-order valence-corrected chi connectivity index (χ0v) is 12.8. The van der Waals surface area contributed by atoms with Crippen molar-refractivity contribution in [3.05, 3.63) is 18.1 Å². The lowest BCUT2D eigenvalue weighted by atomic mass is 10.1. The van der Waals surface area contributed by atoms with E-state index in [1.807, 2.05) is 13.0 Å². The lowest BCUT2D eigenvalue weighted by Crippen LogP contribution is -2.42. The Morgan fingerprint density at radius 2 is 2.05 bits per heavy atom. The number of hydrogen-bond donors (Lipinski definition) is 1. The smallest absolute Gasteiger partial charge is 0.254 e. The van der Waals surface area contributed by atoms with Crippen LogP contribution in [0.3, 0.4) is 0 Å². The van der Waals surface area contributed by atoms with Crippen LogP contribution in [0, 0.1) is 6.92 Å². The maximum Gasteiger partial charge on any atom is 0.254 e. The Kier molecular flexibility index (Phi) is 3.54. The molecule has 1 aliphatic rings. The summed E-state index contributed by atoms with van der Waals surface area (Å²) in [7, 11) is -3.09. The SMILES string of the molecule is Cc1cc(NC2CCN(S(C)(=O)=O)CC2)n2ncnc2n1. The van der Waals surface area contributed by atoms with Crippen molar-refractivity contribution >= 4 is 21.6 Å². The van der Waals surface area contributed by atoms with E-state index in [4.69, 9.17) is 0 Å². The summed E-state index contributed by atoms with van der Waals surface area (Å²) in [6, 6.07) is 2.14. The lowest BCUT2D eigenvalue weighted by Gasteiger charge is -2.31. The number of nitrogens with zero attached hydrogens (tertiary/aromatic N) is 5. The first-order chi connectivity index (χ1) is 9.93. The lowest BCUT2D eigenvalue weighted by molar-refractivity contribution is 0.331. The predicted molar refractivity (Wildman–Crippen MR) is 78.6 cm³/mol. The van der Waals surface area contributed by atoms with Crippen molar-refractivity contribution < 1.29 is 8.42 Å². The third-order valence-corrected chi connectivity index (χ3v) is 4.96. The molecule has 1 fully saturated rings. The average Bonchev–Trinajstić information content (AvgIpc) is 2.86. The van der Waals surface area contributed by atoms with E-state index in [2.05, 4.69) is 20.4 Å². The van der Waals surface area contributed by atoms with Gasteiger partial charge in [0.1, 0.15) is 12.1 Å². The van der Waals surface area contributed by atoms with Gasteiger partial charge in [0.25, 0.3) is 5.78 Å². The molecule has 2 aromatic heterocycles. The van der Waals surface area contributed by atoms with Crippen LogP contribution in [-0.2, 0) is 10.0 Å². The molecule has 0 unspecified atom stereocenters. The maximum atomic E-state index is 11.5. The van der Waals surface area contributed by atoms with Crippen molar-refractivity contribution in [2.45, 2.75) is 25.8 Å². The van der Waals surface area contributed by atoms with Gasteiger partial charge in [0, 0.05) is 30.9 Å². The second-order valence-electron chi connectivity index (χ2n) is 5.34. The zero-order chi connectivity index (χ0) is 15.0. The molecule has 1 N–H and O–H groups in total. The van der Waals surface area contributed by atoms with E-state index in [9.17, 15) is 8.42 Å². The monoisotopic (exact) mass is 310 g/mol. The van der Waals surface area contributed by atoms with Crippen LogP contribution >= 0.6 is 0 Å². The van der Waals surface area contributed by atoms with Crippen LogP contribution in [0.2, 0.25) is 0 Å². The van der Waals surface area contributed by atoms with Gasteiger partial charge in [-0.05, 0) is 19.8 Å². The van der Waals surface area contributed by atoms with E-state index < -0.39 is 10.0 Å². The minimum absolute atomic E-state index is 0.220. The van der Waals surface area contributed by atoms with Crippen LogP contribution in [0.1, 0.15) is 18.5 Å². The topological polar surface area (TPSA) is 92.5 Å². The Morgan fingerprint density at radius 1 is 1.33 bits per heavy atom. The fourth-order valence-corrected chi connectivity index (χ4v) is 3.45. The minimum Gasteiger partial charge on any atom is -0.367 e. The largest absolute Gasteiger partial charge is 0.367 e. The molecule has 1 saturated heterocycles. The van der Waals surface area contributed by atoms with Crippen molar-refractivity contribution in [3.8, 4) is 0 Å². The minimum atomic E-state index is -3.09. The van der Waals surface area contributed by atoms with Crippen LogP contribution in [0.25, 0.3) is 5.78 Å². The number of sulfonamides is 1. The molecule has 0 radical (unpaired) electrons. The number of rotatable bonds is 3. The highest BCUT2D eigenvalue weighted by Crippen LogP contribution is 2.18. The summed E-state index contributed by atoms with van der Waals surface area (Å²) >= 11 is 0. The number of fused-ring (bicyclic) bond motifs is 1. The number of aromatic nitrogens is 4. The average molecular weight is 310 g/mol. The molecular formula is C12H18N6O2S. The van der Waals surface area contributed by atoms with Crippen LogP contribution in [0.4, 0.5) is 5.82 Å². The first kappa shape index (κ1) is 14.2. The number of piperidine rings is 1.